The average molecular weight is 600 g/mol. The third kappa shape index (κ3) is 8.90. The Morgan fingerprint density at radius 1 is 0.907 bits per heavy atom. The minimum atomic E-state index is -4.56. The van der Waals surface area contributed by atoms with Gasteiger partial charge in [-0.2, -0.15) is 13.2 Å². The summed E-state index contributed by atoms with van der Waals surface area (Å²) in [5, 5.41) is 5.42. The van der Waals surface area contributed by atoms with Gasteiger partial charge in [-0.3, -0.25) is 14.6 Å². The Morgan fingerprint density at radius 3 is 2.21 bits per heavy atom. The maximum atomic E-state index is 13.2. The number of urea groups is 1. The number of nitrogens with zero attached hydrogens (tertiary/aromatic N) is 5. The van der Waals surface area contributed by atoms with E-state index in [4.69, 9.17) is 0 Å². The predicted molar refractivity (Wildman–Crippen MR) is 165 cm³/mol. The first kappa shape index (κ1) is 33.3. The second kappa shape index (κ2) is 14.3. The normalized spacial score (nSPS) is 11.7. The van der Waals surface area contributed by atoms with Crippen molar-refractivity contribution in [1.29, 1.82) is 0 Å². The van der Waals surface area contributed by atoms with E-state index < -0.39 is 23.7 Å². The molecule has 0 bridgehead atoms. The van der Waals surface area contributed by atoms with Gasteiger partial charge in [0.15, 0.2) is 0 Å². The number of aryl methyl sites for hydroxylation is 1. The molecule has 12 heteroatoms. The number of anilines is 4. The summed E-state index contributed by atoms with van der Waals surface area (Å²) in [6.45, 7) is 14.9. The lowest BCUT2D eigenvalue weighted by Crippen LogP contribution is -2.43. The number of amides is 3. The topological polar surface area (TPSA) is 93.7 Å². The molecule has 3 aromatic rings. The molecule has 0 saturated carbocycles. The Kier molecular flexibility index (Phi) is 11.1. The van der Waals surface area contributed by atoms with Crippen LogP contribution in [0.5, 0.6) is 0 Å². The number of halogens is 3. The summed E-state index contributed by atoms with van der Waals surface area (Å²) in [4.78, 5) is 40.5. The number of carbonyl (C=O) groups excluding carboxylic acids is 2. The zero-order valence-electron chi connectivity index (χ0n) is 25.7. The van der Waals surface area contributed by atoms with Gasteiger partial charge < -0.3 is 15.5 Å². The Bertz CT molecular complexity index is 1400. The van der Waals surface area contributed by atoms with E-state index in [1.165, 1.54) is 23.4 Å². The molecule has 3 rings (SSSR count). The second-order valence-corrected chi connectivity index (χ2v) is 10.8. The van der Waals surface area contributed by atoms with Gasteiger partial charge >= 0.3 is 12.2 Å². The summed E-state index contributed by atoms with van der Waals surface area (Å²) in [6.07, 6.45) is -3.14. The second-order valence-electron chi connectivity index (χ2n) is 10.8. The van der Waals surface area contributed by atoms with E-state index in [0.717, 1.165) is 37.3 Å². The van der Waals surface area contributed by atoms with E-state index in [1.54, 1.807) is 38.2 Å². The molecule has 0 spiro atoms. The maximum Gasteiger partial charge on any atom is 0.416 e. The lowest BCUT2D eigenvalue weighted by atomic mass is 10.1. The van der Waals surface area contributed by atoms with Gasteiger partial charge in [-0.1, -0.05) is 12.1 Å². The van der Waals surface area contributed by atoms with E-state index in [0.29, 0.717) is 35.1 Å². The van der Waals surface area contributed by atoms with Gasteiger partial charge in [0.2, 0.25) is 0 Å². The zero-order valence-corrected chi connectivity index (χ0v) is 25.7. The van der Waals surface area contributed by atoms with Crippen molar-refractivity contribution in [1.82, 2.24) is 14.9 Å². The number of carbonyl (C=O) groups is 2. The van der Waals surface area contributed by atoms with Crippen LogP contribution in [-0.4, -0.2) is 65.6 Å². The van der Waals surface area contributed by atoms with Crippen LogP contribution >= 0.6 is 0 Å². The summed E-state index contributed by atoms with van der Waals surface area (Å²) < 4.78 is 39.2. The van der Waals surface area contributed by atoms with E-state index in [9.17, 15) is 22.8 Å². The first-order valence-corrected chi connectivity index (χ1v) is 14.2. The fraction of sp³-hybridized carbons (Fsp3) is 0.419. The van der Waals surface area contributed by atoms with Crippen molar-refractivity contribution in [3.05, 3.63) is 71.5 Å². The fourth-order valence-electron chi connectivity index (χ4n) is 4.65. The summed E-state index contributed by atoms with van der Waals surface area (Å²) >= 11 is 0. The first-order chi connectivity index (χ1) is 20.2. The van der Waals surface area contributed by atoms with Gasteiger partial charge in [0.25, 0.3) is 5.91 Å². The molecule has 1 heterocycles. The van der Waals surface area contributed by atoms with Crippen LogP contribution in [-0.2, 0) is 6.18 Å². The lowest BCUT2D eigenvalue weighted by Gasteiger charge is -2.33. The van der Waals surface area contributed by atoms with E-state index >= 15 is 0 Å². The van der Waals surface area contributed by atoms with Crippen LogP contribution in [0.3, 0.4) is 0 Å². The predicted octanol–water partition coefficient (Wildman–Crippen LogP) is 6.67. The van der Waals surface area contributed by atoms with Crippen molar-refractivity contribution in [3.63, 3.8) is 0 Å². The molecule has 0 aliphatic heterocycles. The first-order valence-electron chi connectivity index (χ1n) is 14.2. The number of rotatable bonds is 11. The summed E-state index contributed by atoms with van der Waals surface area (Å²) in [6, 6.07) is 11.1. The SMILES string of the molecule is CCN(CCN(C(C)C)C(C)C)c1cc(N(C)C(=O)Nc2cc(NC(=O)c3cccc(C(F)(F)F)c3)ccc2C)ncn1. The van der Waals surface area contributed by atoms with Crippen LogP contribution in [0.1, 0.15) is 56.1 Å². The van der Waals surface area contributed by atoms with Crippen molar-refractivity contribution >= 4 is 34.9 Å². The van der Waals surface area contributed by atoms with Crippen molar-refractivity contribution in [2.24, 2.45) is 0 Å². The zero-order chi connectivity index (χ0) is 31.9. The number of hydrogen-bond acceptors (Lipinski definition) is 6. The van der Waals surface area contributed by atoms with E-state index in [1.807, 2.05) is 0 Å². The highest BCUT2D eigenvalue weighted by atomic mass is 19.4. The highest BCUT2D eigenvalue weighted by Gasteiger charge is 2.31. The molecule has 0 radical (unpaired) electrons. The molecule has 232 valence electrons. The quantitative estimate of drug-likeness (QED) is 0.256. The van der Waals surface area contributed by atoms with Gasteiger partial charge in [-0.25, -0.2) is 14.8 Å². The average Bonchev–Trinajstić information content (AvgIpc) is 2.95. The lowest BCUT2D eigenvalue weighted by molar-refractivity contribution is -0.137. The maximum absolute atomic E-state index is 13.2. The molecule has 1 aromatic heterocycles. The summed E-state index contributed by atoms with van der Waals surface area (Å²) in [5.74, 6) is 0.399. The number of aromatic nitrogens is 2. The largest absolute Gasteiger partial charge is 0.416 e. The molecule has 9 nitrogen and oxygen atoms in total. The third-order valence-electron chi connectivity index (χ3n) is 7.14. The van der Waals surface area contributed by atoms with E-state index in [-0.39, 0.29) is 5.56 Å². The molecule has 2 aromatic carbocycles. The fourth-order valence-corrected chi connectivity index (χ4v) is 4.65. The Labute approximate surface area is 251 Å². The van der Waals surface area contributed by atoms with Crippen LogP contribution in [0.2, 0.25) is 0 Å². The number of benzene rings is 2. The minimum Gasteiger partial charge on any atom is -0.355 e. The number of likely N-dealkylation sites (N-methyl/N-ethyl adjacent to an activating group) is 1. The molecule has 0 saturated heterocycles. The van der Waals surface area contributed by atoms with Crippen molar-refractivity contribution < 1.29 is 22.8 Å². The summed E-state index contributed by atoms with van der Waals surface area (Å²) in [5.41, 5.74) is 0.404. The Balaban J connectivity index is 1.72. The minimum absolute atomic E-state index is 0.137. The molecule has 0 fully saturated rings. The van der Waals surface area contributed by atoms with Crippen LogP contribution in [0.15, 0.2) is 54.9 Å². The Hall–Kier alpha value is -4.19. The third-order valence-corrected chi connectivity index (χ3v) is 7.14. The van der Waals surface area contributed by atoms with Gasteiger partial charge in [0.1, 0.15) is 18.0 Å². The highest BCUT2D eigenvalue weighted by molar-refractivity contribution is 6.05. The van der Waals surface area contributed by atoms with Crippen molar-refractivity contribution in [2.45, 2.75) is 59.8 Å². The summed E-state index contributed by atoms with van der Waals surface area (Å²) in [7, 11) is 1.59. The monoisotopic (exact) mass is 599 g/mol. The van der Waals surface area contributed by atoms with Crippen molar-refractivity contribution in [3.8, 4) is 0 Å². The highest BCUT2D eigenvalue weighted by Crippen LogP contribution is 2.30. The Morgan fingerprint density at radius 2 is 1.58 bits per heavy atom. The number of alkyl halides is 3. The van der Waals surface area contributed by atoms with E-state index in [2.05, 4.69) is 65.0 Å². The number of hydrogen-bond donors (Lipinski definition) is 2. The van der Waals surface area contributed by atoms with Crippen LogP contribution in [0.4, 0.5) is 41.0 Å². The van der Waals surface area contributed by atoms with Gasteiger partial charge in [0, 0.05) is 61.8 Å². The molecule has 0 atom stereocenters. The standard InChI is InChI=1S/C31H40F3N7O2/c1-8-40(14-15-41(20(2)3)21(4)5)28-18-27(35-19-36-28)39(7)30(43)38-26-17-25(13-12-22(26)6)37-29(42)23-10-9-11-24(16-23)31(32,33)34/h9-13,16-21H,8,14-15H2,1-7H3,(H,37,42)(H,38,43). The van der Waals surface area contributed by atoms with Gasteiger partial charge in [-0.05, 0) is 77.4 Å². The smallest absolute Gasteiger partial charge is 0.355 e. The van der Waals surface area contributed by atoms with Gasteiger partial charge in [0.05, 0.1) is 5.56 Å². The molecular formula is C31H40F3N7O2. The molecule has 2 N–H and O–H groups in total. The molecular weight excluding hydrogens is 559 g/mol. The molecule has 43 heavy (non-hydrogen) atoms. The van der Waals surface area contributed by atoms with Crippen molar-refractivity contribution in [2.75, 3.05) is 47.1 Å². The van der Waals surface area contributed by atoms with Crippen LogP contribution < -0.4 is 20.4 Å². The van der Waals surface area contributed by atoms with Crippen LogP contribution in [0, 0.1) is 6.92 Å². The van der Waals surface area contributed by atoms with Gasteiger partial charge in [-0.15, -0.1) is 0 Å². The molecule has 0 aliphatic rings. The molecule has 0 aliphatic carbocycles. The number of nitrogens with one attached hydrogen (secondary N) is 2. The van der Waals surface area contributed by atoms with Crippen LogP contribution in [0.25, 0.3) is 0 Å². The molecule has 0 unspecified atom stereocenters. The molecule has 3 amide bonds.